The number of halogens is 5. The molecule has 0 aromatic heterocycles. The Bertz CT molecular complexity index is 431. The van der Waals surface area contributed by atoms with E-state index < -0.39 is 53.8 Å². The first-order valence-electron chi connectivity index (χ1n) is 4.22. The minimum Gasteiger partial charge on any atom is -0.450 e. The van der Waals surface area contributed by atoms with Gasteiger partial charge in [-0.1, -0.05) is 0 Å². The number of benzene rings is 1. The Morgan fingerprint density at radius 2 is 1.35 bits per heavy atom. The highest BCUT2D eigenvalue weighted by molar-refractivity contribution is 5.56. The third kappa shape index (κ3) is 2.63. The van der Waals surface area contributed by atoms with E-state index in [-0.39, 0.29) is 0 Å². The molecule has 0 fully saturated rings. The number of rotatable bonds is 3. The van der Waals surface area contributed by atoms with Crippen molar-refractivity contribution in [1.82, 2.24) is 0 Å². The van der Waals surface area contributed by atoms with E-state index in [9.17, 15) is 26.7 Å². The molecule has 0 radical (unpaired) electrons. The van der Waals surface area contributed by atoms with Gasteiger partial charge >= 0.3 is 6.16 Å². The highest BCUT2D eigenvalue weighted by Crippen LogP contribution is 2.23. The van der Waals surface area contributed by atoms with Crippen molar-refractivity contribution in [3.8, 4) is 0 Å². The van der Waals surface area contributed by atoms with Gasteiger partial charge in [0.2, 0.25) is 5.82 Å². The Labute approximate surface area is 91.4 Å². The molecule has 1 aromatic carbocycles. The van der Waals surface area contributed by atoms with Gasteiger partial charge in [0, 0.05) is 12.0 Å². The van der Waals surface area contributed by atoms with Gasteiger partial charge in [0.1, 0.15) is 0 Å². The van der Waals surface area contributed by atoms with Gasteiger partial charge in [0.15, 0.2) is 23.3 Å². The second kappa shape index (κ2) is 4.98. The molecule has 1 rings (SSSR count). The van der Waals surface area contributed by atoms with Crippen molar-refractivity contribution in [2.24, 2.45) is 0 Å². The van der Waals surface area contributed by atoms with Crippen molar-refractivity contribution in [2.75, 3.05) is 6.61 Å². The van der Waals surface area contributed by atoms with Crippen LogP contribution in [-0.2, 0) is 11.2 Å². The lowest BCUT2D eigenvalue weighted by atomic mass is 10.1. The molecule has 0 bridgehead atoms. The van der Waals surface area contributed by atoms with Gasteiger partial charge < -0.3 is 9.84 Å². The summed E-state index contributed by atoms with van der Waals surface area (Å²) in [6.45, 7) is -0.715. The van der Waals surface area contributed by atoms with Gasteiger partial charge in [0.05, 0.1) is 6.61 Å². The Hall–Kier alpha value is -1.86. The lowest BCUT2D eigenvalue weighted by molar-refractivity contribution is 0.0921. The summed E-state index contributed by atoms with van der Waals surface area (Å²) in [5.74, 6) is -10.4. The summed E-state index contributed by atoms with van der Waals surface area (Å²) < 4.78 is 67.9. The second-order valence-electron chi connectivity index (χ2n) is 2.91. The van der Waals surface area contributed by atoms with Crippen LogP contribution in [0.5, 0.6) is 0 Å². The van der Waals surface area contributed by atoms with Crippen molar-refractivity contribution in [3.63, 3.8) is 0 Å². The molecule has 1 aromatic rings. The van der Waals surface area contributed by atoms with Gasteiger partial charge in [-0.2, -0.15) is 0 Å². The van der Waals surface area contributed by atoms with Crippen LogP contribution in [0.2, 0.25) is 0 Å². The van der Waals surface area contributed by atoms with E-state index in [1.54, 1.807) is 0 Å². The van der Waals surface area contributed by atoms with Crippen LogP contribution in [-0.4, -0.2) is 17.9 Å². The van der Waals surface area contributed by atoms with Crippen molar-refractivity contribution in [2.45, 2.75) is 6.42 Å². The molecule has 1 N–H and O–H groups in total. The van der Waals surface area contributed by atoms with Crippen LogP contribution >= 0.6 is 0 Å². The van der Waals surface area contributed by atoms with Crippen LogP contribution in [0.4, 0.5) is 26.7 Å². The molecular weight excluding hydrogens is 251 g/mol. The van der Waals surface area contributed by atoms with E-state index in [1.807, 2.05) is 0 Å². The first-order chi connectivity index (χ1) is 7.86. The Morgan fingerprint density at radius 3 is 1.76 bits per heavy atom. The SMILES string of the molecule is O=C(O)OCCc1c(F)c(F)c(F)c(F)c1F. The first-order valence-corrected chi connectivity index (χ1v) is 4.22. The monoisotopic (exact) mass is 256 g/mol. The molecule has 8 heteroatoms. The Kier molecular flexibility index (Phi) is 3.87. The molecule has 0 saturated heterocycles. The van der Waals surface area contributed by atoms with E-state index in [4.69, 9.17) is 5.11 Å². The van der Waals surface area contributed by atoms with E-state index in [2.05, 4.69) is 4.74 Å². The molecule has 0 heterocycles. The Morgan fingerprint density at radius 1 is 0.941 bits per heavy atom. The third-order valence-corrected chi connectivity index (χ3v) is 1.88. The van der Waals surface area contributed by atoms with Crippen molar-refractivity contribution in [3.05, 3.63) is 34.6 Å². The van der Waals surface area contributed by atoms with Crippen LogP contribution in [0.25, 0.3) is 0 Å². The average molecular weight is 256 g/mol. The largest absolute Gasteiger partial charge is 0.505 e. The molecule has 94 valence electrons. The summed E-state index contributed by atoms with van der Waals surface area (Å²) in [4.78, 5) is 9.93. The number of ether oxygens (including phenoxy) is 1. The summed E-state index contributed by atoms with van der Waals surface area (Å²) in [5, 5.41) is 8.07. The van der Waals surface area contributed by atoms with E-state index in [0.717, 1.165) is 0 Å². The molecule has 0 saturated carbocycles. The zero-order valence-corrected chi connectivity index (χ0v) is 8.07. The summed E-state index contributed by atoms with van der Waals surface area (Å²) in [6, 6.07) is 0. The van der Waals surface area contributed by atoms with E-state index in [0.29, 0.717) is 0 Å². The van der Waals surface area contributed by atoms with Crippen molar-refractivity contribution >= 4 is 6.16 Å². The third-order valence-electron chi connectivity index (χ3n) is 1.88. The summed E-state index contributed by atoms with van der Waals surface area (Å²) >= 11 is 0. The highest BCUT2D eigenvalue weighted by Gasteiger charge is 2.25. The molecule has 3 nitrogen and oxygen atoms in total. The van der Waals surface area contributed by atoms with Crippen molar-refractivity contribution in [1.29, 1.82) is 0 Å². The molecule has 0 spiro atoms. The normalized spacial score (nSPS) is 10.4. The zero-order chi connectivity index (χ0) is 13.2. The van der Waals surface area contributed by atoms with Crippen LogP contribution in [0.1, 0.15) is 5.56 Å². The highest BCUT2D eigenvalue weighted by atomic mass is 19.2. The van der Waals surface area contributed by atoms with E-state index in [1.165, 1.54) is 0 Å². The summed E-state index contributed by atoms with van der Waals surface area (Å²) in [6.07, 6.45) is -2.47. The van der Waals surface area contributed by atoms with Gasteiger partial charge in [-0.25, -0.2) is 26.7 Å². The van der Waals surface area contributed by atoms with E-state index >= 15 is 0 Å². The summed E-state index contributed by atoms with van der Waals surface area (Å²) in [7, 11) is 0. The van der Waals surface area contributed by atoms with Gasteiger partial charge in [-0.05, 0) is 0 Å². The summed E-state index contributed by atoms with van der Waals surface area (Å²) in [5.41, 5.74) is -1.11. The smallest absolute Gasteiger partial charge is 0.450 e. The average Bonchev–Trinajstić information content (AvgIpc) is 2.28. The van der Waals surface area contributed by atoms with Crippen LogP contribution in [0.3, 0.4) is 0 Å². The van der Waals surface area contributed by atoms with Gasteiger partial charge in [-0.3, -0.25) is 0 Å². The topological polar surface area (TPSA) is 46.5 Å². The van der Waals surface area contributed by atoms with Crippen molar-refractivity contribution < 1.29 is 36.6 Å². The minimum atomic E-state index is -2.26. The molecule has 0 unspecified atom stereocenters. The molecule has 0 aliphatic rings. The maximum atomic E-state index is 13.0. The molecule has 0 aliphatic heterocycles. The predicted molar refractivity (Wildman–Crippen MR) is 43.9 cm³/mol. The standard InChI is InChI=1S/C9H5F5O3/c10-4-3(1-2-17-9(15)16)5(11)7(13)8(14)6(4)12/h1-2H2,(H,15,16). The van der Waals surface area contributed by atoms with Gasteiger partial charge in [0.25, 0.3) is 0 Å². The number of carboxylic acid groups (broad SMARTS) is 1. The maximum absolute atomic E-state index is 13.0. The first kappa shape index (κ1) is 13.2. The quantitative estimate of drug-likeness (QED) is 0.391. The maximum Gasteiger partial charge on any atom is 0.505 e. The number of hydrogen-bond donors (Lipinski definition) is 1. The molecule has 17 heavy (non-hydrogen) atoms. The molecule has 0 atom stereocenters. The zero-order valence-electron chi connectivity index (χ0n) is 8.07. The predicted octanol–water partition coefficient (Wildman–Crippen LogP) is 2.62. The molecule has 0 amide bonds. The second-order valence-corrected chi connectivity index (χ2v) is 2.91. The van der Waals surface area contributed by atoms with Crippen LogP contribution in [0, 0.1) is 29.1 Å². The van der Waals surface area contributed by atoms with Crippen LogP contribution < -0.4 is 0 Å². The Balaban J connectivity index is 3.03. The lowest BCUT2D eigenvalue weighted by Gasteiger charge is -2.07. The fraction of sp³-hybridized carbons (Fsp3) is 0.222. The molecular formula is C9H5F5O3. The van der Waals surface area contributed by atoms with Crippen LogP contribution in [0.15, 0.2) is 0 Å². The molecule has 0 aliphatic carbocycles. The lowest BCUT2D eigenvalue weighted by Crippen LogP contribution is -2.11. The number of hydrogen-bond acceptors (Lipinski definition) is 2. The number of carbonyl (C=O) groups is 1. The fourth-order valence-corrected chi connectivity index (χ4v) is 1.11. The fourth-order valence-electron chi connectivity index (χ4n) is 1.11. The minimum absolute atomic E-state index is 0.715. The van der Waals surface area contributed by atoms with Gasteiger partial charge in [-0.15, -0.1) is 0 Å².